The molecule has 2 bridgehead atoms. The number of hydrogen-bond donors (Lipinski definition) is 1. The molecule has 0 saturated carbocycles. The lowest BCUT2D eigenvalue weighted by Gasteiger charge is -2.47. The molecule has 0 radical (unpaired) electrons. The third-order valence-electron chi connectivity index (χ3n) is 5.22. The van der Waals surface area contributed by atoms with Crippen LogP contribution in [0.3, 0.4) is 0 Å². The molecule has 1 amide bonds. The van der Waals surface area contributed by atoms with E-state index in [0.29, 0.717) is 24.2 Å². The van der Waals surface area contributed by atoms with E-state index < -0.39 is 5.60 Å². The first-order valence-electron chi connectivity index (χ1n) is 8.29. The third-order valence-corrected chi connectivity index (χ3v) is 5.22. The van der Waals surface area contributed by atoms with Crippen LogP contribution in [0.1, 0.15) is 46.5 Å². The van der Waals surface area contributed by atoms with Gasteiger partial charge in [-0.1, -0.05) is 0 Å². The van der Waals surface area contributed by atoms with Crippen molar-refractivity contribution in [3.05, 3.63) is 0 Å². The van der Waals surface area contributed by atoms with E-state index in [0.717, 1.165) is 25.9 Å². The number of piperidine rings is 1. The van der Waals surface area contributed by atoms with Crippen molar-refractivity contribution in [1.82, 2.24) is 15.1 Å². The number of hydrogen-bond acceptors (Lipinski definition) is 4. The van der Waals surface area contributed by atoms with E-state index in [4.69, 9.17) is 4.74 Å². The average Bonchev–Trinajstić information content (AvgIpc) is 2.56. The Morgan fingerprint density at radius 1 is 1.14 bits per heavy atom. The summed E-state index contributed by atoms with van der Waals surface area (Å²) in [5.41, 5.74) is -0.420. The van der Waals surface area contributed by atoms with Gasteiger partial charge in [0.1, 0.15) is 5.60 Å². The van der Waals surface area contributed by atoms with Gasteiger partial charge in [-0.05, 0) is 53.5 Å². The minimum Gasteiger partial charge on any atom is -0.444 e. The van der Waals surface area contributed by atoms with Crippen LogP contribution in [-0.4, -0.2) is 65.8 Å². The molecule has 1 N–H and O–H groups in total. The van der Waals surface area contributed by atoms with Crippen molar-refractivity contribution in [2.75, 3.05) is 20.1 Å². The molecule has 3 saturated heterocycles. The number of carbonyl (C=O) groups excluding carboxylic acids is 1. The van der Waals surface area contributed by atoms with E-state index >= 15 is 0 Å². The summed E-state index contributed by atoms with van der Waals surface area (Å²) in [5, 5.41) is 3.29. The molecule has 0 aromatic rings. The number of nitrogens with one attached hydrogen (secondary N) is 1. The Morgan fingerprint density at radius 2 is 1.71 bits per heavy atom. The molecule has 0 aliphatic carbocycles. The Morgan fingerprint density at radius 3 is 2.14 bits per heavy atom. The predicted octanol–water partition coefficient (Wildman–Crippen LogP) is 1.82. The van der Waals surface area contributed by atoms with Gasteiger partial charge in [0.15, 0.2) is 0 Å². The predicted molar refractivity (Wildman–Crippen MR) is 82.3 cm³/mol. The smallest absolute Gasteiger partial charge is 0.410 e. The maximum atomic E-state index is 12.7. The van der Waals surface area contributed by atoms with Crippen molar-refractivity contribution >= 4 is 6.09 Å². The molecule has 120 valence electrons. The zero-order chi connectivity index (χ0) is 15.2. The van der Waals surface area contributed by atoms with Crippen LogP contribution in [0, 0.1) is 0 Å². The Bertz CT molecular complexity index is 389. The van der Waals surface area contributed by atoms with E-state index in [2.05, 4.69) is 22.2 Å². The number of ether oxygens (including phenoxy) is 1. The van der Waals surface area contributed by atoms with E-state index in [1.807, 2.05) is 20.8 Å². The molecule has 21 heavy (non-hydrogen) atoms. The fraction of sp³-hybridized carbons (Fsp3) is 0.938. The van der Waals surface area contributed by atoms with Crippen LogP contribution < -0.4 is 5.32 Å². The van der Waals surface area contributed by atoms with E-state index in [1.54, 1.807) is 0 Å². The highest BCUT2D eigenvalue weighted by Crippen LogP contribution is 2.37. The van der Waals surface area contributed by atoms with Crippen molar-refractivity contribution in [3.63, 3.8) is 0 Å². The average molecular weight is 295 g/mol. The van der Waals surface area contributed by atoms with Crippen molar-refractivity contribution < 1.29 is 9.53 Å². The van der Waals surface area contributed by atoms with Crippen LogP contribution >= 0.6 is 0 Å². The first-order chi connectivity index (χ1) is 9.85. The first-order valence-corrected chi connectivity index (χ1v) is 8.29. The summed E-state index contributed by atoms with van der Waals surface area (Å²) in [6.45, 7) is 7.64. The molecule has 5 heteroatoms. The zero-order valence-electron chi connectivity index (χ0n) is 13.8. The van der Waals surface area contributed by atoms with Gasteiger partial charge in [-0.3, -0.25) is 4.90 Å². The summed E-state index contributed by atoms with van der Waals surface area (Å²) in [6, 6.07) is 1.95. The van der Waals surface area contributed by atoms with Crippen molar-refractivity contribution in [3.8, 4) is 0 Å². The lowest BCUT2D eigenvalue weighted by atomic mass is 9.94. The summed E-state index contributed by atoms with van der Waals surface area (Å²) >= 11 is 0. The second-order valence-electron chi connectivity index (χ2n) is 7.88. The van der Waals surface area contributed by atoms with Gasteiger partial charge in [0.05, 0.1) is 6.04 Å². The van der Waals surface area contributed by atoms with Gasteiger partial charge in [-0.2, -0.15) is 0 Å². The molecule has 2 unspecified atom stereocenters. The van der Waals surface area contributed by atoms with E-state index in [-0.39, 0.29) is 6.09 Å². The number of carbonyl (C=O) groups is 1. The largest absolute Gasteiger partial charge is 0.444 e. The highest BCUT2D eigenvalue weighted by Gasteiger charge is 2.45. The molecule has 3 aliphatic rings. The fourth-order valence-electron chi connectivity index (χ4n) is 3.99. The van der Waals surface area contributed by atoms with Gasteiger partial charge in [0, 0.05) is 31.2 Å². The van der Waals surface area contributed by atoms with Crippen LogP contribution in [0.4, 0.5) is 4.79 Å². The summed E-state index contributed by atoms with van der Waals surface area (Å²) in [5.74, 6) is 0. The number of amides is 1. The van der Waals surface area contributed by atoms with Crippen LogP contribution in [0.15, 0.2) is 0 Å². The molecule has 3 aliphatic heterocycles. The van der Waals surface area contributed by atoms with Crippen LogP contribution in [0.25, 0.3) is 0 Å². The highest BCUT2D eigenvalue weighted by atomic mass is 16.6. The normalized spacial score (nSPS) is 33.6. The van der Waals surface area contributed by atoms with Gasteiger partial charge in [0.2, 0.25) is 0 Å². The Balaban J connectivity index is 1.72. The summed E-state index contributed by atoms with van der Waals surface area (Å²) < 4.78 is 5.67. The monoisotopic (exact) mass is 295 g/mol. The summed E-state index contributed by atoms with van der Waals surface area (Å²) in [4.78, 5) is 17.2. The molecular formula is C16H29N3O2. The Labute approximate surface area is 128 Å². The van der Waals surface area contributed by atoms with E-state index in [9.17, 15) is 4.79 Å². The van der Waals surface area contributed by atoms with Crippen molar-refractivity contribution in [2.24, 2.45) is 0 Å². The van der Waals surface area contributed by atoms with Gasteiger partial charge in [0.25, 0.3) is 0 Å². The Kier molecular flexibility index (Phi) is 3.91. The molecule has 3 fully saturated rings. The SMILES string of the molecule is CN1C2CCC1CC(N(C(=O)OC(C)(C)C)C1CNC1)C2. The third kappa shape index (κ3) is 3.04. The molecule has 2 atom stereocenters. The Hall–Kier alpha value is -0.810. The highest BCUT2D eigenvalue weighted by molar-refractivity contribution is 5.69. The molecule has 5 nitrogen and oxygen atoms in total. The van der Waals surface area contributed by atoms with Gasteiger partial charge < -0.3 is 15.0 Å². The van der Waals surface area contributed by atoms with Crippen LogP contribution in [0.2, 0.25) is 0 Å². The number of nitrogens with zero attached hydrogens (tertiary/aromatic N) is 2. The minimum atomic E-state index is -0.420. The van der Waals surface area contributed by atoms with Gasteiger partial charge in [-0.15, -0.1) is 0 Å². The summed E-state index contributed by atoms with van der Waals surface area (Å²) in [6.07, 6.45) is 4.64. The standard InChI is InChI=1S/C16H29N3O2/c1-16(2,3)21-15(20)19(14-9-17-10-14)13-7-11-5-6-12(8-13)18(11)4/h11-14,17H,5-10H2,1-4H3. The van der Waals surface area contributed by atoms with Crippen molar-refractivity contribution in [2.45, 2.75) is 76.2 Å². The maximum absolute atomic E-state index is 12.7. The maximum Gasteiger partial charge on any atom is 0.410 e. The fourth-order valence-corrected chi connectivity index (χ4v) is 3.99. The number of rotatable bonds is 2. The molecule has 3 rings (SSSR count). The molecule has 0 aromatic heterocycles. The summed E-state index contributed by atoms with van der Waals surface area (Å²) in [7, 11) is 2.24. The first kappa shape index (κ1) is 15.1. The molecule has 0 aromatic carbocycles. The topological polar surface area (TPSA) is 44.8 Å². The molecule has 0 spiro atoms. The lowest BCUT2D eigenvalue weighted by Crippen LogP contribution is -2.64. The lowest BCUT2D eigenvalue weighted by molar-refractivity contribution is -0.0174. The second kappa shape index (κ2) is 5.43. The van der Waals surface area contributed by atoms with Gasteiger partial charge >= 0.3 is 6.09 Å². The second-order valence-corrected chi connectivity index (χ2v) is 7.88. The van der Waals surface area contributed by atoms with Crippen LogP contribution in [-0.2, 0) is 4.74 Å². The van der Waals surface area contributed by atoms with Crippen molar-refractivity contribution in [1.29, 1.82) is 0 Å². The van der Waals surface area contributed by atoms with Crippen LogP contribution in [0.5, 0.6) is 0 Å². The molecular weight excluding hydrogens is 266 g/mol. The van der Waals surface area contributed by atoms with E-state index in [1.165, 1.54) is 12.8 Å². The minimum absolute atomic E-state index is 0.122. The number of fused-ring (bicyclic) bond motifs is 2. The zero-order valence-corrected chi connectivity index (χ0v) is 13.8. The van der Waals surface area contributed by atoms with Gasteiger partial charge in [-0.25, -0.2) is 4.79 Å². The molecule has 3 heterocycles. The quantitative estimate of drug-likeness (QED) is 0.844.